The average Bonchev–Trinajstić information content (AvgIpc) is 3.22. The molecule has 0 saturated heterocycles. The first-order valence-electron chi connectivity index (χ1n) is 8.41. The minimum Gasteiger partial charge on any atom is -0.482 e. The van der Waals surface area contributed by atoms with Crippen molar-refractivity contribution in [3.8, 4) is 11.4 Å². The third kappa shape index (κ3) is 5.69. The smallest absolute Gasteiger partial charge is 0.344 e. The van der Waals surface area contributed by atoms with Gasteiger partial charge in [-0.3, -0.25) is 4.79 Å². The highest BCUT2D eigenvalue weighted by molar-refractivity contribution is 6.31. The van der Waals surface area contributed by atoms with E-state index in [9.17, 15) is 9.59 Å². The van der Waals surface area contributed by atoms with Crippen molar-refractivity contribution in [2.24, 2.45) is 0 Å². The van der Waals surface area contributed by atoms with E-state index in [2.05, 4.69) is 15.4 Å². The molecule has 150 valence electrons. The Morgan fingerprint density at radius 1 is 1.14 bits per heavy atom. The van der Waals surface area contributed by atoms with Crippen LogP contribution in [0.15, 0.2) is 49.1 Å². The molecule has 0 saturated carbocycles. The molecule has 29 heavy (non-hydrogen) atoms. The summed E-state index contributed by atoms with van der Waals surface area (Å²) in [7, 11) is 0. The van der Waals surface area contributed by atoms with Gasteiger partial charge in [-0.15, -0.1) is 0 Å². The number of hydrogen-bond acceptors (Lipinski definition) is 6. The first-order chi connectivity index (χ1) is 13.9. The molecule has 2 aromatic carbocycles. The van der Waals surface area contributed by atoms with Gasteiger partial charge in [0.05, 0.1) is 11.4 Å². The Labute approximate surface area is 176 Å². The molecule has 0 unspecified atom stereocenters. The molecule has 1 heterocycles. The summed E-state index contributed by atoms with van der Waals surface area (Å²) in [5, 5.41) is 7.69. The van der Waals surface area contributed by atoms with Crippen LogP contribution in [-0.4, -0.2) is 39.9 Å². The number of esters is 1. The molecular weight excluding hydrogens is 419 g/mol. The summed E-state index contributed by atoms with van der Waals surface area (Å²) in [6.45, 7) is 1.00. The largest absolute Gasteiger partial charge is 0.482 e. The monoisotopic (exact) mass is 434 g/mol. The Kier molecular flexibility index (Phi) is 6.69. The average molecular weight is 435 g/mol. The second-order valence-corrected chi connectivity index (χ2v) is 6.75. The number of carbonyl (C=O) groups excluding carboxylic acids is 2. The van der Waals surface area contributed by atoms with E-state index in [1.165, 1.54) is 17.3 Å². The van der Waals surface area contributed by atoms with Crippen LogP contribution in [0, 0.1) is 6.92 Å². The molecule has 0 aliphatic carbocycles. The Hall–Kier alpha value is -3.10. The van der Waals surface area contributed by atoms with E-state index in [-0.39, 0.29) is 6.61 Å². The molecule has 0 fully saturated rings. The second-order valence-electron chi connectivity index (χ2n) is 5.91. The van der Waals surface area contributed by atoms with Crippen molar-refractivity contribution in [2.75, 3.05) is 18.5 Å². The highest BCUT2D eigenvalue weighted by atomic mass is 35.5. The molecule has 0 atom stereocenters. The van der Waals surface area contributed by atoms with Gasteiger partial charge in [-0.2, -0.15) is 5.10 Å². The van der Waals surface area contributed by atoms with Gasteiger partial charge in [-0.05, 0) is 48.9 Å². The summed E-state index contributed by atoms with van der Waals surface area (Å²) in [5.74, 6) is -0.746. The topological polar surface area (TPSA) is 95.3 Å². The first-order valence-corrected chi connectivity index (χ1v) is 9.17. The maximum atomic E-state index is 12.2. The Morgan fingerprint density at radius 2 is 1.97 bits per heavy atom. The van der Waals surface area contributed by atoms with Crippen LogP contribution < -0.4 is 10.1 Å². The fourth-order valence-corrected chi connectivity index (χ4v) is 2.65. The fraction of sp³-hybridized carbons (Fsp3) is 0.158. The van der Waals surface area contributed by atoms with Crippen LogP contribution in [0.25, 0.3) is 5.69 Å². The quantitative estimate of drug-likeness (QED) is 0.572. The molecule has 0 radical (unpaired) electrons. The van der Waals surface area contributed by atoms with Crippen molar-refractivity contribution >= 4 is 40.8 Å². The minimum absolute atomic E-state index is 0.338. The Bertz CT molecular complexity index is 1030. The molecule has 3 rings (SSSR count). The van der Waals surface area contributed by atoms with Gasteiger partial charge < -0.3 is 14.8 Å². The molecule has 3 aromatic rings. The van der Waals surface area contributed by atoms with Crippen molar-refractivity contribution in [1.29, 1.82) is 0 Å². The van der Waals surface area contributed by atoms with Gasteiger partial charge in [0.25, 0.3) is 5.91 Å². The molecule has 0 aliphatic heterocycles. The van der Waals surface area contributed by atoms with Crippen molar-refractivity contribution in [2.45, 2.75) is 6.92 Å². The predicted molar refractivity (Wildman–Crippen MR) is 108 cm³/mol. The van der Waals surface area contributed by atoms with Crippen molar-refractivity contribution < 1.29 is 19.1 Å². The van der Waals surface area contributed by atoms with Crippen LogP contribution in [-0.2, 0) is 14.3 Å². The number of aromatic nitrogens is 3. The van der Waals surface area contributed by atoms with Crippen LogP contribution in [0.5, 0.6) is 5.75 Å². The molecule has 0 aliphatic rings. The minimum atomic E-state index is -0.685. The van der Waals surface area contributed by atoms with E-state index in [0.717, 1.165) is 5.56 Å². The number of amides is 1. The molecule has 0 bridgehead atoms. The molecule has 1 aromatic heterocycles. The van der Waals surface area contributed by atoms with Gasteiger partial charge >= 0.3 is 5.97 Å². The van der Waals surface area contributed by atoms with E-state index in [0.29, 0.717) is 27.2 Å². The van der Waals surface area contributed by atoms with E-state index >= 15 is 0 Å². The summed E-state index contributed by atoms with van der Waals surface area (Å²) in [4.78, 5) is 27.9. The number of halogens is 2. The van der Waals surface area contributed by atoms with Gasteiger partial charge in [0.1, 0.15) is 18.4 Å². The normalized spacial score (nSPS) is 10.4. The van der Waals surface area contributed by atoms with Crippen LogP contribution in [0.4, 0.5) is 5.69 Å². The van der Waals surface area contributed by atoms with Crippen LogP contribution in [0.3, 0.4) is 0 Å². The summed E-state index contributed by atoms with van der Waals surface area (Å²) >= 11 is 11.9. The molecule has 1 N–H and O–H groups in total. The lowest BCUT2D eigenvalue weighted by atomic mass is 10.2. The summed E-state index contributed by atoms with van der Waals surface area (Å²) in [5.41, 5.74) is 1.78. The summed E-state index contributed by atoms with van der Waals surface area (Å²) in [6, 6.07) is 9.91. The lowest BCUT2D eigenvalue weighted by Crippen LogP contribution is -2.24. The zero-order valence-electron chi connectivity index (χ0n) is 15.3. The lowest BCUT2D eigenvalue weighted by Gasteiger charge is -2.12. The maximum Gasteiger partial charge on any atom is 0.344 e. The second kappa shape index (κ2) is 9.40. The lowest BCUT2D eigenvalue weighted by molar-refractivity contribution is -0.149. The van der Waals surface area contributed by atoms with Crippen LogP contribution in [0.2, 0.25) is 10.0 Å². The number of rotatable bonds is 7. The zero-order valence-corrected chi connectivity index (χ0v) is 16.8. The van der Waals surface area contributed by atoms with Gasteiger partial charge in [-0.1, -0.05) is 23.2 Å². The molecule has 1 amide bonds. The standard InChI is InChI=1S/C19H16Cl2N4O4/c1-12-6-14(3-4-15(12)21)28-9-19(27)29-8-18(26)24-16-7-13(20)2-5-17(16)25-11-22-10-23-25/h2-7,10-11H,8-9H2,1H3,(H,24,26). The number of nitrogens with zero attached hydrogens (tertiary/aromatic N) is 3. The van der Waals surface area contributed by atoms with Gasteiger partial charge in [-0.25, -0.2) is 14.5 Å². The molecule has 0 spiro atoms. The van der Waals surface area contributed by atoms with E-state index in [4.69, 9.17) is 32.7 Å². The summed E-state index contributed by atoms with van der Waals surface area (Å²) in [6.07, 6.45) is 2.85. The number of benzene rings is 2. The Morgan fingerprint density at radius 3 is 2.69 bits per heavy atom. The zero-order chi connectivity index (χ0) is 20.8. The van der Waals surface area contributed by atoms with E-state index in [1.807, 2.05) is 6.92 Å². The predicted octanol–water partition coefficient (Wildman–Crippen LogP) is 3.44. The molecule has 10 heteroatoms. The highest BCUT2D eigenvalue weighted by Gasteiger charge is 2.13. The van der Waals surface area contributed by atoms with E-state index in [1.54, 1.807) is 36.4 Å². The number of hydrogen-bond donors (Lipinski definition) is 1. The third-order valence-corrected chi connectivity index (χ3v) is 4.41. The van der Waals surface area contributed by atoms with Crippen LogP contribution >= 0.6 is 23.2 Å². The molecular formula is C19H16Cl2N4O4. The Balaban J connectivity index is 1.53. The first kappa shape index (κ1) is 20.6. The van der Waals surface area contributed by atoms with Gasteiger partial charge in [0.2, 0.25) is 0 Å². The number of carbonyl (C=O) groups is 2. The highest BCUT2D eigenvalue weighted by Crippen LogP contribution is 2.24. The maximum absolute atomic E-state index is 12.2. The third-order valence-electron chi connectivity index (χ3n) is 3.75. The van der Waals surface area contributed by atoms with Crippen LogP contribution in [0.1, 0.15) is 5.56 Å². The molecule has 8 nitrogen and oxygen atoms in total. The van der Waals surface area contributed by atoms with E-state index < -0.39 is 18.5 Å². The van der Waals surface area contributed by atoms with Gasteiger partial charge in [0.15, 0.2) is 13.2 Å². The summed E-state index contributed by atoms with van der Waals surface area (Å²) < 4.78 is 11.8. The number of nitrogens with one attached hydrogen (secondary N) is 1. The number of ether oxygens (including phenoxy) is 2. The number of anilines is 1. The SMILES string of the molecule is Cc1cc(OCC(=O)OCC(=O)Nc2cc(Cl)ccc2-n2cncn2)ccc1Cl. The van der Waals surface area contributed by atoms with Crippen molar-refractivity contribution in [3.05, 3.63) is 64.7 Å². The fourth-order valence-electron chi connectivity index (χ4n) is 2.36. The van der Waals surface area contributed by atoms with Crippen molar-refractivity contribution in [1.82, 2.24) is 14.8 Å². The van der Waals surface area contributed by atoms with Gasteiger partial charge in [0, 0.05) is 10.0 Å². The number of aryl methyl sites for hydroxylation is 1. The van der Waals surface area contributed by atoms with Crippen molar-refractivity contribution in [3.63, 3.8) is 0 Å².